The van der Waals surface area contributed by atoms with Gasteiger partial charge in [0.2, 0.25) is 0 Å². The lowest BCUT2D eigenvalue weighted by atomic mass is 10.1. The number of aromatic nitrogens is 2. The van der Waals surface area contributed by atoms with Crippen LogP contribution in [0, 0.1) is 0 Å². The third-order valence-corrected chi connectivity index (χ3v) is 11.3. The van der Waals surface area contributed by atoms with Crippen LogP contribution < -0.4 is 11.1 Å². The van der Waals surface area contributed by atoms with E-state index in [1.807, 2.05) is 0 Å². The Hall–Kier alpha value is -3.66. The summed E-state index contributed by atoms with van der Waals surface area (Å²) < 4.78 is 96.2. The first-order valence-electron chi connectivity index (χ1n) is 13.0. The van der Waals surface area contributed by atoms with Crippen molar-refractivity contribution in [2.45, 2.75) is 41.9 Å². The molecule has 232 valence electrons. The average molecular weight is 673 g/mol. The summed E-state index contributed by atoms with van der Waals surface area (Å²) in [4.78, 5) is 21.0. The van der Waals surface area contributed by atoms with Crippen molar-refractivity contribution in [3.05, 3.63) is 94.1 Å². The highest BCUT2D eigenvalue weighted by Gasteiger charge is 2.65. The van der Waals surface area contributed by atoms with E-state index in [9.17, 15) is 26.4 Å². The van der Waals surface area contributed by atoms with Gasteiger partial charge in [-0.1, -0.05) is 23.7 Å². The molecule has 3 aromatic heterocycles. The summed E-state index contributed by atoms with van der Waals surface area (Å²) >= 11 is 6.64. The molecule has 16 heteroatoms. The van der Waals surface area contributed by atoms with Gasteiger partial charge in [-0.05, 0) is 54.1 Å². The van der Waals surface area contributed by atoms with Crippen LogP contribution in [0.1, 0.15) is 23.1 Å². The molecule has 1 amide bonds. The van der Waals surface area contributed by atoms with E-state index >= 15 is 8.78 Å². The van der Waals surface area contributed by atoms with E-state index in [1.165, 1.54) is 36.4 Å². The summed E-state index contributed by atoms with van der Waals surface area (Å²) in [6.45, 7) is -1.63. The highest BCUT2D eigenvalue weighted by molar-refractivity contribution is 7.88. The van der Waals surface area contributed by atoms with E-state index in [-0.39, 0.29) is 37.7 Å². The van der Waals surface area contributed by atoms with Crippen molar-refractivity contribution in [2.24, 2.45) is 5.73 Å². The van der Waals surface area contributed by atoms with Gasteiger partial charge in [0.25, 0.3) is 5.91 Å². The number of thiophene rings is 1. The topological polar surface area (TPSA) is 115 Å². The average Bonchev–Trinajstić information content (AvgIpc) is 3.53. The normalized spacial score (nSPS) is 20.0. The predicted octanol–water partition coefficient (Wildman–Crippen LogP) is 6.09. The molecule has 4 aromatic rings. The molecular formula is C28H24ClF5N5O3S2+. The molecule has 0 aliphatic carbocycles. The number of hydrogen-bond donors (Lipinski definition) is 2. The molecule has 4 heterocycles. The van der Waals surface area contributed by atoms with E-state index in [0.29, 0.717) is 11.3 Å². The number of nitrogens with one attached hydrogen (secondary N) is 1. The van der Waals surface area contributed by atoms with Crippen molar-refractivity contribution in [1.82, 2.24) is 9.97 Å². The number of carbonyl (C=O) groups is 1. The molecule has 1 saturated heterocycles. The number of amides is 1. The molecule has 1 fully saturated rings. The number of rotatable bonds is 9. The highest BCUT2D eigenvalue weighted by Crippen LogP contribution is 2.46. The zero-order valence-electron chi connectivity index (χ0n) is 22.6. The summed E-state index contributed by atoms with van der Waals surface area (Å²) in [5, 5.41) is 3.08. The monoisotopic (exact) mass is 672 g/mol. The number of benzene rings is 1. The van der Waals surface area contributed by atoms with Gasteiger partial charge in [0.1, 0.15) is 12.4 Å². The molecule has 5 rings (SSSR count). The Morgan fingerprint density at radius 2 is 1.75 bits per heavy atom. The van der Waals surface area contributed by atoms with Gasteiger partial charge in [0.05, 0.1) is 22.0 Å². The molecule has 1 unspecified atom stereocenters. The number of anilines is 1. The molecule has 0 radical (unpaired) electrons. The maximum Gasteiger partial charge on any atom is 0.416 e. The Labute approximate surface area is 258 Å². The first-order chi connectivity index (χ1) is 20.6. The lowest BCUT2D eigenvalue weighted by Gasteiger charge is -2.36. The van der Waals surface area contributed by atoms with Crippen molar-refractivity contribution in [2.75, 3.05) is 11.9 Å². The molecular weight excluding hydrogens is 649 g/mol. The van der Waals surface area contributed by atoms with Gasteiger partial charge >= 0.3 is 22.1 Å². The van der Waals surface area contributed by atoms with Crippen LogP contribution in [0.5, 0.6) is 0 Å². The van der Waals surface area contributed by atoms with Gasteiger partial charge in [-0.2, -0.15) is 25.5 Å². The lowest BCUT2D eigenvalue weighted by Crippen LogP contribution is -2.59. The number of hydrogen-bond acceptors (Lipinski definition) is 7. The van der Waals surface area contributed by atoms with E-state index in [2.05, 4.69) is 15.3 Å². The molecule has 0 spiro atoms. The van der Waals surface area contributed by atoms with Crippen molar-refractivity contribution in [1.29, 1.82) is 0 Å². The summed E-state index contributed by atoms with van der Waals surface area (Å²) in [7, 11) is -4.69. The van der Waals surface area contributed by atoms with Crippen LogP contribution in [0.25, 0.3) is 11.3 Å². The number of halogens is 6. The van der Waals surface area contributed by atoms with Gasteiger partial charge in [-0.25, -0.2) is 13.8 Å². The number of sulfonamides is 1. The van der Waals surface area contributed by atoms with E-state index in [4.69, 9.17) is 17.3 Å². The van der Waals surface area contributed by atoms with Gasteiger partial charge in [0.15, 0.2) is 16.8 Å². The second-order valence-corrected chi connectivity index (χ2v) is 14.4. The van der Waals surface area contributed by atoms with Gasteiger partial charge in [-0.15, -0.1) is 11.3 Å². The van der Waals surface area contributed by atoms with Crippen LogP contribution in [-0.4, -0.2) is 46.7 Å². The smallest absolute Gasteiger partial charge is 0.366 e. The Bertz CT molecular complexity index is 1790. The Morgan fingerprint density at radius 1 is 1.07 bits per heavy atom. The number of quaternary nitrogens is 1. The summed E-state index contributed by atoms with van der Waals surface area (Å²) in [6.07, 6.45) is -2.53. The third-order valence-electron chi connectivity index (χ3n) is 7.24. The van der Waals surface area contributed by atoms with Crippen LogP contribution in [0.4, 0.5) is 27.8 Å². The zero-order valence-corrected chi connectivity index (χ0v) is 25.0. The maximum atomic E-state index is 15.0. The van der Waals surface area contributed by atoms with Crippen LogP contribution in [0.15, 0.2) is 77.3 Å². The second kappa shape index (κ2) is 11.7. The fourth-order valence-corrected chi connectivity index (χ4v) is 9.06. The number of pyridine rings is 2. The fraction of sp³-hybridized carbons (Fsp3) is 0.250. The minimum Gasteiger partial charge on any atom is -0.366 e. The van der Waals surface area contributed by atoms with Crippen molar-refractivity contribution in [3.63, 3.8) is 0 Å². The van der Waals surface area contributed by atoms with Crippen LogP contribution in [0.2, 0.25) is 4.34 Å². The molecule has 8 nitrogen and oxygen atoms in total. The Kier molecular flexibility index (Phi) is 8.44. The summed E-state index contributed by atoms with van der Waals surface area (Å²) in [6, 6.07) is 11.1. The molecule has 2 atom stereocenters. The number of nitrogens with two attached hydrogens (primary N) is 1. The molecule has 1 aliphatic rings. The SMILES string of the molecule is NC(=O)[C@@H]1CC(F)(F)C[N+]1(Cc1cc(NCc2ccncc2)nc(-c2ccc(C(F)(F)F)cc2)c1)S(=O)(=O)c1ccc(Cl)s1. The van der Waals surface area contributed by atoms with Crippen molar-refractivity contribution >= 4 is 44.7 Å². The number of likely N-dealkylation sites (tertiary alicyclic amines) is 1. The van der Waals surface area contributed by atoms with Crippen LogP contribution >= 0.6 is 22.9 Å². The number of nitrogens with zero attached hydrogens (tertiary/aromatic N) is 3. The Morgan fingerprint density at radius 3 is 2.34 bits per heavy atom. The predicted molar refractivity (Wildman–Crippen MR) is 154 cm³/mol. The van der Waals surface area contributed by atoms with E-state index in [0.717, 1.165) is 17.7 Å². The molecule has 1 aliphatic heterocycles. The minimum atomic E-state index is -4.69. The number of alkyl halides is 5. The largest absolute Gasteiger partial charge is 0.416 e. The molecule has 0 saturated carbocycles. The van der Waals surface area contributed by atoms with Crippen LogP contribution in [0.3, 0.4) is 0 Å². The fourth-order valence-electron chi connectivity index (χ4n) is 5.22. The molecule has 44 heavy (non-hydrogen) atoms. The molecule has 3 N–H and O–H groups in total. The quantitative estimate of drug-likeness (QED) is 0.164. The van der Waals surface area contributed by atoms with Crippen molar-refractivity contribution < 1.29 is 39.1 Å². The standard InChI is InChI=1S/C28H23ClF5N5O3S2/c29-23-5-6-25(43-23)44(41,42)39(16-27(30,31)13-22(39)26(35)40)15-18-11-21(19-1-3-20(4-2-19)28(32,33)34)38-24(12-18)37-14-17-7-9-36-10-8-17/h1-12,22H,13-16H2,(H2-,35,37,38,40)/p+1/t22-,39?/m0/s1. The number of carbonyl (C=O) groups excluding carboxylic acids is 1. The van der Waals surface area contributed by atoms with Gasteiger partial charge in [0, 0.05) is 30.1 Å². The van der Waals surface area contributed by atoms with Crippen molar-refractivity contribution in [3.8, 4) is 11.3 Å². The first kappa shape index (κ1) is 31.8. The minimum absolute atomic E-state index is 0.0967. The van der Waals surface area contributed by atoms with Crippen LogP contribution in [-0.2, 0) is 34.1 Å². The molecule has 1 aromatic carbocycles. The summed E-state index contributed by atoms with van der Waals surface area (Å²) in [5.41, 5.74) is 6.03. The third kappa shape index (κ3) is 6.41. The maximum absolute atomic E-state index is 15.0. The Balaban J connectivity index is 1.63. The highest BCUT2D eigenvalue weighted by atomic mass is 35.5. The van der Waals surface area contributed by atoms with Gasteiger partial charge < -0.3 is 11.1 Å². The lowest BCUT2D eigenvalue weighted by molar-refractivity contribution is -0.827. The van der Waals surface area contributed by atoms with E-state index in [1.54, 1.807) is 24.5 Å². The molecule has 0 bridgehead atoms. The first-order valence-corrected chi connectivity index (χ1v) is 15.6. The zero-order chi connectivity index (χ0) is 31.9. The number of primary amides is 1. The summed E-state index contributed by atoms with van der Waals surface area (Å²) in [5.74, 6) is -4.59. The van der Waals surface area contributed by atoms with E-state index < -0.39 is 63.0 Å². The second-order valence-electron chi connectivity index (χ2n) is 10.3. The van der Waals surface area contributed by atoms with Gasteiger partial charge in [-0.3, -0.25) is 9.78 Å².